The van der Waals surface area contributed by atoms with E-state index >= 15 is 0 Å². The van der Waals surface area contributed by atoms with E-state index in [4.69, 9.17) is 11.6 Å². The highest BCUT2D eigenvalue weighted by atomic mass is 35.5. The van der Waals surface area contributed by atoms with Gasteiger partial charge in [0.1, 0.15) is 0 Å². The van der Waals surface area contributed by atoms with E-state index in [2.05, 4.69) is 15.3 Å². The Bertz CT molecular complexity index is 654. The number of carbonyl (C=O) groups excluding carboxylic acids is 1. The molecule has 0 amide bonds. The zero-order chi connectivity index (χ0) is 12.5. The van der Waals surface area contributed by atoms with Crippen molar-refractivity contribution in [3.8, 4) is 0 Å². The van der Waals surface area contributed by atoms with Gasteiger partial charge in [0.05, 0.1) is 11.6 Å². The average Bonchev–Trinajstić information content (AvgIpc) is 2.90. The Morgan fingerprint density at radius 3 is 3.11 bits per heavy atom. The molecule has 1 aromatic carbocycles. The standard InChI is InChI=1S/C13H10ClN3O/c14-13-16-7-9-4-3-8(6-11(9)17-13)12(18)10-2-1-5-15-10/h1-4,6-7,10,15H,5H2. The van der Waals surface area contributed by atoms with Crippen LogP contribution in [-0.4, -0.2) is 28.3 Å². The summed E-state index contributed by atoms with van der Waals surface area (Å²) >= 11 is 5.75. The van der Waals surface area contributed by atoms with Gasteiger partial charge in [-0.05, 0) is 17.7 Å². The summed E-state index contributed by atoms with van der Waals surface area (Å²) in [7, 11) is 0. The molecule has 3 rings (SSSR count). The van der Waals surface area contributed by atoms with Crippen LogP contribution in [0, 0.1) is 0 Å². The summed E-state index contributed by atoms with van der Waals surface area (Å²) in [6, 6.07) is 5.13. The lowest BCUT2D eigenvalue weighted by atomic mass is 10.0. The largest absolute Gasteiger partial charge is 0.300 e. The lowest BCUT2D eigenvalue weighted by Gasteiger charge is -2.08. The maximum absolute atomic E-state index is 12.2. The predicted octanol–water partition coefficient (Wildman–Crippen LogP) is 1.99. The third kappa shape index (κ3) is 2.00. The van der Waals surface area contributed by atoms with Gasteiger partial charge in [-0.1, -0.05) is 24.3 Å². The van der Waals surface area contributed by atoms with Crippen LogP contribution in [0.1, 0.15) is 10.4 Å². The van der Waals surface area contributed by atoms with Crippen LogP contribution in [0.2, 0.25) is 5.28 Å². The Hall–Kier alpha value is -1.78. The highest BCUT2D eigenvalue weighted by Crippen LogP contribution is 2.17. The zero-order valence-electron chi connectivity index (χ0n) is 9.43. The molecule has 0 fully saturated rings. The molecule has 0 saturated carbocycles. The number of Topliss-reactive ketones (excluding diaryl/α,β-unsaturated/α-hetero) is 1. The minimum atomic E-state index is -0.236. The number of ketones is 1. The van der Waals surface area contributed by atoms with E-state index in [1.165, 1.54) is 0 Å². The van der Waals surface area contributed by atoms with Crippen molar-refractivity contribution >= 4 is 28.3 Å². The van der Waals surface area contributed by atoms with Gasteiger partial charge in [0.25, 0.3) is 0 Å². The fourth-order valence-corrected chi connectivity index (χ4v) is 2.12. The number of carbonyl (C=O) groups is 1. The van der Waals surface area contributed by atoms with Crippen LogP contribution in [0.25, 0.3) is 10.9 Å². The molecule has 2 heterocycles. The van der Waals surface area contributed by atoms with Crippen LogP contribution in [0.15, 0.2) is 36.5 Å². The van der Waals surface area contributed by atoms with Crippen molar-refractivity contribution in [3.63, 3.8) is 0 Å². The molecule has 0 aliphatic carbocycles. The second kappa shape index (κ2) is 4.48. The number of aromatic nitrogens is 2. The normalized spacial score (nSPS) is 18.4. The summed E-state index contributed by atoms with van der Waals surface area (Å²) in [5.74, 6) is 0.0420. The lowest BCUT2D eigenvalue weighted by molar-refractivity contribution is 0.0968. The Kier molecular flexibility index (Phi) is 2.81. The first-order valence-corrected chi connectivity index (χ1v) is 5.98. The number of nitrogens with one attached hydrogen (secondary N) is 1. The van der Waals surface area contributed by atoms with E-state index in [1.807, 2.05) is 18.2 Å². The van der Waals surface area contributed by atoms with E-state index < -0.39 is 0 Å². The molecule has 0 saturated heterocycles. The zero-order valence-corrected chi connectivity index (χ0v) is 10.2. The van der Waals surface area contributed by atoms with Gasteiger partial charge in [-0.2, -0.15) is 0 Å². The summed E-state index contributed by atoms with van der Waals surface area (Å²) < 4.78 is 0. The number of fused-ring (bicyclic) bond motifs is 1. The summed E-state index contributed by atoms with van der Waals surface area (Å²) in [5.41, 5.74) is 1.31. The molecule has 0 spiro atoms. The Labute approximate surface area is 109 Å². The first-order valence-electron chi connectivity index (χ1n) is 5.60. The lowest BCUT2D eigenvalue weighted by Crippen LogP contribution is -2.30. The van der Waals surface area contributed by atoms with Crippen molar-refractivity contribution in [1.29, 1.82) is 0 Å². The maximum Gasteiger partial charge on any atom is 0.222 e. The molecule has 1 unspecified atom stereocenters. The van der Waals surface area contributed by atoms with Crippen molar-refractivity contribution in [2.45, 2.75) is 6.04 Å². The Morgan fingerprint density at radius 2 is 2.33 bits per heavy atom. The fourth-order valence-electron chi connectivity index (χ4n) is 1.98. The van der Waals surface area contributed by atoms with Crippen molar-refractivity contribution in [3.05, 3.63) is 47.4 Å². The molecule has 1 aromatic heterocycles. The number of nitrogens with zero attached hydrogens (tertiary/aromatic N) is 2. The molecule has 90 valence electrons. The summed E-state index contributed by atoms with van der Waals surface area (Å²) in [6.45, 7) is 0.734. The van der Waals surface area contributed by atoms with Gasteiger partial charge < -0.3 is 5.32 Å². The molecule has 18 heavy (non-hydrogen) atoms. The maximum atomic E-state index is 12.2. The number of hydrogen-bond acceptors (Lipinski definition) is 4. The highest BCUT2D eigenvalue weighted by Gasteiger charge is 2.19. The van der Waals surface area contributed by atoms with Crippen molar-refractivity contribution in [1.82, 2.24) is 15.3 Å². The second-order valence-corrected chi connectivity index (χ2v) is 4.43. The molecule has 0 bridgehead atoms. The van der Waals surface area contributed by atoms with Gasteiger partial charge in [0, 0.05) is 23.7 Å². The Morgan fingerprint density at radius 1 is 1.44 bits per heavy atom. The summed E-state index contributed by atoms with van der Waals surface area (Å²) in [4.78, 5) is 20.2. The van der Waals surface area contributed by atoms with Gasteiger partial charge in [0.2, 0.25) is 5.28 Å². The molecule has 1 N–H and O–H groups in total. The number of benzene rings is 1. The summed E-state index contributed by atoms with van der Waals surface area (Å²) in [6.07, 6.45) is 5.47. The molecule has 1 atom stereocenters. The minimum absolute atomic E-state index is 0.0420. The number of rotatable bonds is 2. The molecule has 5 heteroatoms. The topological polar surface area (TPSA) is 54.9 Å². The molecule has 0 radical (unpaired) electrons. The third-order valence-corrected chi connectivity index (χ3v) is 3.09. The number of halogens is 1. The third-order valence-electron chi connectivity index (χ3n) is 2.90. The van der Waals surface area contributed by atoms with Crippen LogP contribution in [-0.2, 0) is 0 Å². The number of hydrogen-bond donors (Lipinski definition) is 1. The van der Waals surface area contributed by atoms with Crippen LogP contribution >= 0.6 is 11.6 Å². The van der Waals surface area contributed by atoms with Crippen LogP contribution in [0.3, 0.4) is 0 Å². The van der Waals surface area contributed by atoms with Crippen molar-refractivity contribution < 1.29 is 4.79 Å². The van der Waals surface area contributed by atoms with Gasteiger partial charge in [0.15, 0.2) is 5.78 Å². The fraction of sp³-hybridized carbons (Fsp3) is 0.154. The summed E-state index contributed by atoms with van der Waals surface area (Å²) in [5, 5.41) is 4.15. The predicted molar refractivity (Wildman–Crippen MR) is 69.8 cm³/mol. The van der Waals surface area contributed by atoms with Gasteiger partial charge in [-0.15, -0.1) is 0 Å². The van der Waals surface area contributed by atoms with Crippen molar-refractivity contribution in [2.75, 3.05) is 6.54 Å². The first-order chi connectivity index (χ1) is 8.74. The van der Waals surface area contributed by atoms with Crippen LogP contribution < -0.4 is 5.32 Å². The average molecular weight is 260 g/mol. The van der Waals surface area contributed by atoms with E-state index in [0.717, 1.165) is 11.9 Å². The van der Waals surface area contributed by atoms with Crippen molar-refractivity contribution in [2.24, 2.45) is 0 Å². The molecular weight excluding hydrogens is 250 g/mol. The van der Waals surface area contributed by atoms with E-state index in [0.29, 0.717) is 11.1 Å². The van der Waals surface area contributed by atoms with E-state index in [9.17, 15) is 4.79 Å². The first kappa shape index (κ1) is 11.3. The Balaban J connectivity index is 2.02. The van der Waals surface area contributed by atoms with Crippen LogP contribution in [0.4, 0.5) is 0 Å². The molecule has 4 nitrogen and oxygen atoms in total. The molecule has 2 aromatic rings. The second-order valence-electron chi connectivity index (χ2n) is 4.09. The van der Waals surface area contributed by atoms with Gasteiger partial charge in [-0.3, -0.25) is 4.79 Å². The van der Waals surface area contributed by atoms with Gasteiger partial charge in [-0.25, -0.2) is 9.97 Å². The van der Waals surface area contributed by atoms with Crippen LogP contribution in [0.5, 0.6) is 0 Å². The molecule has 1 aliphatic rings. The quantitative estimate of drug-likeness (QED) is 0.509. The van der Waals surface area contributed by atoms with E-state index in [1.54, 1.807) is 18.3 Å². The highest BCUT2D eigenvalue weighted by molar-refractivity contribution is 6.28. The SMILES string of the molecule is O=C(c1ccc2cnc(Cl)nc2c1)C1C=CCN1. The molecule has 1 aliphatic heterocycles. The smallest absolute Gasteiger partial charge is 0.222 e. The minimum Gasteiger partial charge on any atom is -0.300 e. The van der Waals surface area contributed by atoms with Gasteiger partial charge >= 0.3 is 0 Å². The molecular formula is C13H10ClN3O. The monoisotopic (exact) mass is 259 g/mol. The van der Waals surface area contributed by atoms with E-state index in [-0.39, 0.29) is 17.1 Å².